The van der Waals surface area contributed by atoms with Gasteiger partial charge in [-0.1, -0.05) is 12.1 Å². The lowest BCUT2D eigenvalue weighted by Crippen LogP contribution is -2.15. The number of rotatable bonds is 3. The van der Waals surface area contributed by atoms with E-state index in [0.29, 0.717) is 12.8 Å². The van der Waals surface area contributed by atoms with Crippen LogP contribution in [-0.4, -0.2) is 12.3 Å². The lowest BCUT2D eigenvalue weighted by molar-refractivity contribution is 0.0983. The van der Waals surface area contributed by atoms with Gasteiger partial charge in [0.2, 0.25) is 0 Å². The highest BCUT2D eigenvalue weighted by Gasteiger charge is 2.16. The van der Waals surface area contributed by atoms with E-state index in [1.807, 2.05) is 18.2 Å². The molecule has 0 aromatic heterocycles. The number of anilines is 1. The third kappa shape index (κ3) is 2.09. The zero-order chi connectivity index (χ0) is 11.4. The molecule has 2 rings (SSSR count). The highest BCUT2D eigenvalue weighted by molar-refractivity contribution is 5.99. The van der Waals surface area contributed by atoms with Crippen LogP contribution in [0.4, 0.5) is 5.69 Å². The Hall–Kier alpha value is -1.75. The summed E-state index contributed by atoms with van der Waals surface area (Å²) in [6, 6.07) is 5.87. The summed E-state index contributed by atoms with van der Waals surface area (Å²) in [5, 5.41) is 3.32. The second-order valence-corrected chi connectivity index (χ2v) is 3.99. The van der Waals surface area contributed by atoms with Crippen LogP contribution < -0.4 is 5.32 Å². The maximum atomic E-state index is 12.0. The minimum atomic E-state index is 0.165. The minimum absolute atomic E-state index is 0.165. The van der Waals surface area contributed by atoms with Crippen LogP contribution >= 0.6 is 0 Å². The van der Waals surface area contributed by atoms with E-state index in [1.165, 1.54) is 0 Å². The Bertz CT molecular complexity index is 443. The van der Waals surface area contributed by atoms with Crippen molar-refractivity contribution in [3.8, 4) is 12.3 Å². The van der Waals surface area contributed by atoms with Crippen LogP contribution in [0.3, 0.4) is 0 Å². The zero-order valence-electron chi connectivity index (χ0n) is 9.25. The maximum Gasteiger partial charge on any atom is 0.164 e. The smallest absolute Gasteiger partial charge is 0.164 e. The van der Waals surface area contributed by atoms with E-state index in [-0.39, 0.29) is 5.78 Å². The quantitative estimate of drug-likeness (QED) is 0.617. The van der Waals surface area contributed by atoms with Crippen molar-refractivity contribution in [3.05, 3.63) is 29.3 Å². The summed E-state index contributed by atoms with van der Waals surface area (Å²) in [5.74, 6) is 2.68. The van der Waals surface area contributed by atoms with Crippen LogP contribution in [0.1, 0.15) is 35.2 Å². The average Bonchev–Trinajstić information content (AvgIpc) is 2.35. The van der Waals surface area contributed by atoms with E-state index in [4.69, 9.17) is 6.42 Å². The summed E-state index contributed by atoms with van der Waals surface area (Å²) in [7, 11) is 0. The Balaban J connectivity index is 2.27. The van der Waals surface area contributed by atoms with E-state index < -0.39 is 0 Å². The first-order valence-electron chi connectivity index (χ1n) is 5.65. The summed E-state index contributed by atoms with van der Waals surface area (Å²) in [5.41, 5.74) is 3.12. The number of carbonyl (C=O) groups excluding carboxylic acids is 1. The molecule has 16 heavy (non-hydrogen) atoms. The molecule has 0 fully saturated rings. The molecule has 2 heteroatoms. The fraction of sp³-hybridized carbons (Fsp3) is 0.357. The van der Waals surface area contributed by atoms with Crippen LogP contribution in [0.15, 0.2) is 18.2 Å². The number of carbonyl (C=O) groups is 1. The van der Waals surface area contributed by atoms with Crippen molar-refractivity contribution in [1.29, 1.82) is 0 Å². The van der Waals surface area contributed by atoms with Crippen LogP contribution in [-0.2, 0) is 6.42 Å². The molecule has 0 radical (unpaired) electrons. The van der Waals surface area contributed by atoms with Crippen LogP contribution in [0.2, 0.25) is 0 Å². The topological polar surface area (TPSA) is 29.1 Å². The first-order valence-corrected chi connectivity index (χ1v) is 5.65. The highest BCUT2D eigenvalue weighted by atomic mass is 16.1. The Labute approximate surface area is 96.1 Å². The number of terminal acetylenes is 1. The van der Waals surface area contributed by atoms with Gasteiger partial charge in [0.05, 0.1) is 0 Å². The van der Waals surface area contributed by atoms with Crippen molar-refractivity contribution < 1.29 is 4.79 Å². The summed E-state index contributed by atoms with van der Waals surface area (Å²) < 4.78 is 0. The molecule has 1 aliphatic heterocycles. The first-order chi connectivity index (χ1) is 7.83. The molecule has 1 N–H and O–H groups in total. The van der Waals surface area contributed by atoms with Crippen molar-refractivity contribution in [2.24, 2.45) is 0 Å². The minimum Gasteiger partial charge on any atom is -0.385 e. The van der Waals surface area contributed by atoms with Crippen molar-refractivity contribution in [1.82, 2.24) is 0 Å². The van der Waals surface area contributed by atoms with E-state index in [0.717, 1.165) is 36.2 Å². The SMILES string of the molecule is C#CCCC(=O)c1cccc2c1CCCN2. The third-order valence-corrected chi connectivity index (χ3v) is 2.89. The van der Waals surface area contributed by atoms with E-state index in [1.54, 1.807) is 0 Å². The third-order valence-electron chi connectivity index (χ3n) is 2.89. The molecular formula is C14H15NO. The number of hydrogen-bond acceptors (Lipinski definition) is 2. The van der Waals surface area contributed by atoms with E-state index in [9.17, 15) is 4.79 Å². The molecule has 0 saturated heterocycles. The number of ketones is 1. The fourth-order valence-electron chi connectivity index (χ4n) is 2.09. The van der Waals surface area contributed by atoms with Crippen molar-refractivity contribution in [2.75, 3.05) is 11.9 Å². The van der Waals surface area contributed by atoms with E-state index in [2.05, 4.69) is 11.2 Å². The van der Waals surface area contributed by atoms with Gasteiger partial charge in [-0.25, -0.2) is 0 Å². The molecule has 1 aliphatic rings. The molecule has 2 nitrogen and oxygen atoms in total. The van der Waals surface area contributed by atoms with Gasteiger partial charge in [0.15, 0.2) is 5.78 Å². The summed E-state index contributed by atoms with van der Waals surface area (Å²) in [4.78, 5) is 12.0. The average molecular weight is 213 g/mol. The van der Waals surface area contributed by atoms with Gasteiger partial charge in [-0.3, -0.25) is 4.79 Å². The molecule has 0 atom stereocenters. The van der Waals surface area contributed by atoms with Gasteiger partial charge in [0.25, 0.3) is 0 Å². The highest BCUT2D eigenvalue weighted by Crippen LogP contribution is 2.26. The van der Waals surface area contributed by atoms with Crippen molar-refractivity contribution in [3.63, 3.8) is 0 Å². The van der Waals surface area contributed by atoms with Gasteiger partial charge in [-0.2, -0.15) is 0 Å². The van der Waals surface area contributed by atoms with Crippen LogP contribution in [0.5, 0.6) is 0 Å². The fourth-order valence-corrected chi connectivity index (χ4v) is 2.09. The largest absolute Gasteiger partial charge is 0.385 e. The van der Waals surface area contributed by atoms with Crippen molar-refractivity contribution >= 4 is 11.5 Å². The van der Waals surface area contributed by atoms with Gasteiger partial charge in [0.1, 0.15) is 0 Å². The normalized spacial score (nSPS) is 13.4. The Morgan fingerprint density at radius 1 is 1.50 bits per heavy atom. The molecule has 1 aromatic carbocycles. The number of fused-ring (bicyclic) bond motifs is 1. The van der Waals surface area contributed by atoms with Gasteiger partial charge >= 0.3 is 0 Å². The molecule has 0 bridgehead atoms. The number of hydrogen-bond donors (Lipinski definition) is 1. The predicted octanol–water partition coefficient (Wildman–Crippen LogP) is 2.64. The first kappa shape index (κ1) is 10.8. The summed E-state index contributed by atoms with van der Waals surface area (Å²) >= 11 is 0. The molecule has 0 spiro atoms. The second-order valence-electron chi connectivity index (χ2n) is 3.99. The Morgan fingerprint density at radius 3 is 3.19 bits per heavy atom. The molecule has 1 heterocycles. The van der Waals surface area contributed by atoms with Gasteiger partial charge in [-0.05, 0) is 24.5 Å². The number of nitrogens with one attached hydrogen (secondary N) is 1. The molecule has 0 saturated carbocycles. The summed E-state index contributed by atoms with van der Waals surface area (Å²) in [6.45, 7) is 0.995. The van der Waals surface area contributed by atoms with Crippen molar-refractivity contribution in [2.45, 2.75) is 25.7 Å². The molecule has 82 valence electrons. The lowest BCUT2D eigenvalue weighted by Gasteiger charge is -2.20. The van der Waals surface area contributed by atoms with Crippen LogP contribution in [0, 0.1) is 12.3 Å². The Kier molecular flexibility index (Phi) is 3.26. The zero-order valence-corrected chi connectivity index (χ0v) is 9.25. The second kappa shape index (κ2) is 4.85. The van der Waals surface area contributed by atoms with Gasteiger partial charge < -0.3 is 5.32 Å². The predicted molar refractivity (Wildman–Crippen MR) is 65.7 cm³/mol. The molecule has 0 aliphatic carbocycles. The van der Waals surface area contributed by atoms with E-state index >= 15 is 0 Å². The molecule has 1 aromatic rings. The standard InChI is InChI=1S/C14H15NO/c1-2-3-9-14(16)12-6-4-8-13-11(12)7-5-10-15-13/h1,4,6,8,15H,3,5,7,9-10H2. The van der Waals surface area contributed by atoms with Gasteiger partial charge in [0, 0.05) is 30.6 Å². The number of Topliss-reactive ketones (excluding diaryl/α,β-unsaturated/α-hetero) is 1. The number of benzene rings is 1. The lowest BCUT2D eigenvalue weighted by atomic mass is 9.94. The maximum absolute atomic E-state index is 12.0. The molecule has 0 unspecified atom stereocenters. The monoisotopic (exact) mass is 213 g/mol. The molecule has 0 amide bonds. The molecular weight excluding hydrogens is 198 g/mol. The Morgan fingerprint density at radius 2 is 2.38 bits per heavy atom. The van der Waals surface area contributed by atoms with Gasteiger partial charge in [-0.15, -0.1) is 12.3 Å². The van der Waals surface area contributed by atoms with Crippen LogP contribution in [0.25, 0.3) is 0 Å². The summed E-state index contributed by atoms with van der Waals surface area (Å²) in [6.07, 6.45) is 8.23.